The Morgan fingerprint density at radius 2 is 1.71 bits per heavy atom. The minimum absolute atomic E-state index is 0.0128. The van der Waals surface area contributed by atoms with Crippen molar-refractivity contribution in [1.29, 1.82) is 0 Å². The fourth-order valence-corrected chi connectivity index (χ4v) is 4.78. The van der Waals surface area contributed by atoms with Gasteiger partial charge in [0, 0.05) is 31.6 Å². The minimum atomic E-state index is -3.56. The monoisotopic (exact) mass is 505 g/mol. The number of benzene rings is 2. The smallest absolute Gasteiger partial charge is 0.242 e. The molecule has 9 heteroatoms. The number of aryl methyl sites for hydroxylation is 1. The first kappa shape index (κ1) is 28.3. The lowest BCUT2D eigenvalue weighted by Crippen LogP contribution is -2.48. The molecule has 1 N–H and O–H groups in total. The minimum Gasteiger partial charge on any atom is -0.354 e. The SMILES string of the molecule is CCCCNC(=O)[C@H](C)N(Cc1ccccc1F)C(=O)CCCN(c1ccccc1C)S(C)(=O)=O. The number of halogens is 1. The highest BCUT2D eigenvalue weighted by molar-refractivity contribution is 7.92. The molecule has 0 spiro atoms. The van der Waals surface area contributed by atoms with E-state index in [9.17, 15) is 22.4 Å². The average Bonchev–Trinajstić information content (AvgIpc) is 2.80. The molecule has 7 nitrogen and oxygen atoms in total. The van der Waals surface area contributed by atoms with E-state index >= 15 is 0 Å². The number of hydrogen-bond acceptors (Lipinski definition) is 4. The van der Waals surface area contributed by atoms with Crippen LogP contribution in [0.2, 0.25) is 0 Å². The molecule has 0 saturated heterocycles. The zero-order valence-electron chi connectivity index (χ0n) is 21.0. The molecule has 0 aliphatic carbocycles. The van der Waals surface area contributed by atoms with Gasteiger partial charge in [-0.2, -0.15) is 0 Å². The van der Waals surface area contributed by atoms with Crippen molar-refractivity contribution in [1.82, 2.24) is 10.2 Å². The molecular weight excluding hydrogens is 469 g/mol. The molecular formula is C26H36FN3O4S. The van der Waals surface area contributed by atoms with Crippen molar-refractivity contribution in [2.75, 3.05) is 23.7 Å². The van der Waals surface area contributed by atoms with E-state index in [1.165, 1.54) is 15.3 Å². The largest absolute Gasteiger partial charge is 0.354 e. The van der Waals surface area contributed by atoms with Crippen LogP contribution in [-0.4, -0.2) is 50.5 Å². The Morgan fingerprint density at radius 1 is 1.06 bits per heavy atom. The Morgan fingerprint density at radius 3 is 2.34 bits per heavy atom. The van der Waals surface area contributed by atoms with E-state index in [1.807, 2.05) is 26.0 Å². The van der Waals surface area contributed by atoms with E-state index in [-0.39, 0.29) is 37.7 Å². The molecule has 0 unspecified atom stereocenters. The molecule has 0 fully saturated rings. The molecule has 2 amide bonds. The van der Waals surface area contributed by atoms with E-state index in [2.05, 4.69) is 5.32 Å². The van der Waals surface area contributed by atoms with Crippen LogP contribution >= 0.6 is 0 Å². The summed E-state index contributed by atoms with van der Waals surface area (Å²) in [6.45, 7) is 6.02. The predicted octanol–water partition coefficient (Wildman–Crippen LogP) is 4.01. The van der Waals surface area contributed by atoms with Crippen LogP contribution in [0.25, 0.3) is 0 Å². The van der Waals surface area contributed by atoms with Crippen molar-refractivity contribution in [3.05, 3.63) is 65.5 Å². The average molecular weight is 506 g/mol. The standard InChI is InChI=1S/C26H36FN3O4S/c1-5-6-17-28-26(32)21(3)29(19-22-13-8-9-14-23(22)27)25(31)16-11-18-30(35(4,33)34)24-15-10-7-12-20(24)2/h7-10,12-15,21H,5-6,11,16-19H2,1-4H3,(H,28,32)/t21-/m0/s1. The Kier molecular flexibility index (Phi) is 10.7. The van der Waals surface area contributed by atoms with Crippen molar-refractivity contribution in [2.45, 2.75) is 59.0 Å². The van der Waals surface area contributed by atoms with Gasteiger partial charge in [0.25, 0.3) is 0 Å². The third-order valence-electron chi connectivity index (χ3n) is 5.83. The fraction of sp³-hybridized carbons (Fsp3) is 0.462. The van der Waals surface area contributed by atoms with Crippen molar-refractivity contribution in [2.24, 2.45) is 0 Å². The molecule has 1 atom stereocenters. The van der Waals surface area contributed by atoms with Crippen LogP contribution in [-0.2, 0) is 26.2 Å². The fourth-order valence-electron chi connectivity index (χ4n) is 3.75. The molecule has 0 aliphatic rings. The molecule has 0 saturated carbocycles. The van der Waals surface area contributed by atoms with Crippen LogP contribution < -0.4 is 9.62 Å². The number of sulfonamides is 1. The summed E-state index contributed by atoms with van der Waals surface area (Å²) in [6, 6.07) is 12.5. The second-order valence-corrected chi connectivity index (χ2v) is 10.6. The first-order valence-corrected chi connectivity index (χ1v) is 13.7. The summed E-state index contributed by atoms with van der Waals surface area (Å²) in [7, 11) is -3.56. The number of amides is 2. The molecule has 192 valence electrons. The van der Waals surface area contributed by atoms with Crippen molar-refractivity contribution in [3.8, 4) is 0 Å². The number of anilines is 1. The normalized spacial score (nSPS) is 12.1. The molecule has 2 aromatic rings. The summed E-state index contributed by atoms with van der Waals surface area (Å²) in [6.07, 6.45) is 3.13. The number of nitrogens with one attached hydrogen (secondary N) is 1. The van der Waals surface area contributed by atoms with E-state index in [1.54, 1.807) is 37.3 Å². The molecule has 2 aromatic carbocycles. The predicted molar refractivity (Wildman–Crippen MR) is 137 cm³/mol. The van der Waals surface area contributed by atoms with Gasteiger partial charge in [-0.3, -0.25) is 13.9 Å². The van der Waals surface area contributed by atoms with Gasteiger partial charge >= 0.3 is 0 Å². The molecule has 0 aliphatic heterocycles. The third kappa shape index (κ3) is 8.35. The van der Waals surface area contributed by atoms with Gasteiger partial charge in [0.05, 0.1) is 11.9 Å². The lowest BCUT2D eigenvalue weighted by molar-refractivity contribution is -0.140. The molecule has 0 aromatic heterocycles. The van der Waals surface area contributed by atoms with Crippen LogP contribution in [0.15, 0.2) is 48.5 Å². The van der Waals surface area contributed by atoms with Crippen LogP contribution in [0, 0.1) is 12.7 Å². The molecule has 0 bridgehead atoms. The van der Waals surface area contributed by atoms with Gasteiger partial charge in [0.2, 0.25) is 21.8 Å². The van der Waals surface area contributed by atoms with Gasteiger partial charge in [0.1, 0.15) is 11.9 Å². The van der Waals surface area contributed by atoms with Crippen LogP contribution in [0.1, 0.15) is 50.7 Å². The lowest BCUT2D eigenvalue weighted by Gasteiger charge is -2.29. The highest BCUT2D eigenvalue weighted by Crippen LogP contribution is 2.23. The summed E-state index contributed by atoms with van der Waals surface area (Å²) in [5.74, 6) is -1.10. The first-order valence-electron chi connectivity index (χ1n) is 11.9. The summed E-state index contributed by atoms with van der Waals surface area (Å²) < 4.78 is 40.5. The number of carbonyl (C=O) groups excluding carboxylic acids is 2. The first-order chi connectivity index (χ1) is 16.6. The molecule has 35 heavy (non-hydrogen) atoms. The highest BCUT2D eigenvalue weighted by Gasteiger charge is 2.27. The van der Waals surface area contributed by atoms with Crippen LogP contribution in [0.4, 0.5) is 10.1 Å². The maximum atomic E-state index is 14.3. The number of hydrogen-bond donors (Lipinski definition) is 1. The van der Waals surface area contributed by atoms with Gasteiger partial charge in [-0.15, -0.1) is 0 Å². The molecule has 2 rings (SSSR count). The summed E-state index contributed by atoms with van der Waals surface area (Å²) in [4.78, 5) is 27.3. The zero-order chi connectivity index (χ0) is 26.0. The maximum Gasteiger partial charge on any atom is 0.242 e. The Labute approximate surface area is 208 Å². The summed E-state index contributed by atoms with van der Waals surface area (Å²) in [5.41, 5.74) is 1.68. The highest BCUT2D eigenvalue weighted by atomic mass is 32.2. The van der Waals surface area contributed by atoms with Gasteiger partial charge in [-0.1, -0.05) is 49.7 Å². The topological polar surface area (TPSA) is 86.8 Å². The van der Waals surface area contributed by atoms with E-state index in [4.69, 9.17) is 0 Å². The van der Waals surface area contributed by atoms with E-state index in [0.29, 0.717) is 17.8 Å². The van der Waals surface area contributed by atoms with Crippen molar-refractivity contribution >= 4 is 27.5 Å². The number of nitrogens with zero attached hydrogens (tertiary/aromatic N) is 2. The van der Waals surface area contributed by atoms with Gasteiger partial charge < -0.3 is 10.2 Å². The quantitative estimate of drug-likeness (QED) is 0.417. The van der Waals surface area contributed by atoms with E-state index < -0.39 is 21.9 Å². The van der Waals surface area contributed by atoms with Crippen molar-refractivity contribution in [3.63, 3.8) is 0 Å². The zero-order valence-corrected chi connectivity index (χ0v) is 21.8. The van der Waals surface area contributed by atoms with Gasteiger partial charge in [-0.05, 0) is 44.4 Å². The second-order valence-electron chi connectivity index (χ2n) is 8.66. The summed E-state index contributed by atoms with van der Waals surface area (Å²) in [5, 5.41) is 2.83. The Hall–Kier alpha value is -2.94. The molecule has 0 heterocycles. The van der Waals surface area contributed by atoms with E-state index in [0.717, 1.165) is 24.7 Å². The van der Waals surface area contributed by atoms with Crippen molar-refractivity contribution < 1.29 is 22.4 Å². The summed E-state index contributed by atoms with van der Waals surface area (Å²) >= 11 is 0. The third-order valence-corrected chi connectivity index (χ3v) is 7.01. The Bertz CT molecular complexity index is 1110. The number of carbonyl (C=O) groups is 2. The Balaban J connectivity index is 2.16. The van der Waals surface area contributed by atoms with Gasteiger partial charge in [-0.25, -0.2) is 12.8 Å². The molecule has 0 radical (unpaired) electrons. The number of unbranched alkanes of at least 4 members (excludes halogenated alkanes) is 1. The number of rotatable bonds is 13. The van der Waals surface area contributed by atoms with Crippen LogP contribution in [0.3, 0.4) is 0 Å². The number of para-hydroxylation sites is 1. The van der Waals surface area contributed by atoms with Gasteiger partial charge in [0.15, 0.2) is 0 Å². The maximum absolute atomic E-state index is 14.3. The lowest BCUT2D eigenvalue weighted by atomic mass is 10.1. The van der Waals surface area contributed by atoms with Crippen LogP contribution in [0.5, 0.6) is 0 Å². The second kappa shape index (κ2) is 13.2.